The predicted molar refractivity (Wildman–Crippen MR) is 146 cm³/mol. The number of aliphatic imine (C=N–C) groups is 1. The molecular weight excluding hydrogens is 438 g/mol. The van der Waals surface area contributed by atoms with Crippen LogP contribution in [-0.4, -0.2) is 12.8 Å². The molecule has 2 unspecified atom stereocenters. The van der Waals surface area contributed by atoms with E-state index in [1.165, 1.54) is 55.0 Å². The van der Waals surface area contributed by atoms with E-state index in [9.17, 15) is 0 Å². The predicted octanol–water partition coefficient (Wildman–Crippen LogP) is 8.13. The lowest BCUT2D eigenvalue weighted by atomic mass is 9.83. The molecule has 1 aromatic heterocycles. The summed E-state index contributed by atoms with van der Waals surface area (Å²) < 4.78 is 1.36. The third-order valence-electron chi connectivity index (χ3n) is 6.94. The molecule has 0 saturated heterocycles. The number of nitrogens with zero attached hydrogens (tertiary/aromatic N) is 1. The van der Waals surface area contributed by atoms with Crippen molar-refractivity contribution in [3.8, 4) is 12.3 Å². The Morgan fingerprint density at radius 1 is 1.21 bits per heavy atom. The van der Waals surface area contributed by atoms with Gasteiger partial charge in [0.1, 0.15) is 0 Å². The molecule has 3 heterocycles. The Hall–Kier alpha value is -2.80. The van der Waals surface area contributed by atoms with Crippen LogP contribution in [0.4, 0.5) is 0 Å². The van der Waals surface area contributed by atoms with Gasteiger partial charge in [-0.3, -0.25) is 4.99 Å². The Morgan fingerprint density at radius 2 is 2.15 bits per heavy atom. The summed E-state index contributed by atoms with van der Waals surface area (Å²) in [5.74, 6) is 3.45. The second-order valence-corrected chi connectivity index (χ2v) is 11.3. The third-order valence-corrected chi connectivity index (χ3v) is 9.54. The fourth-order valence-electron chi connectivity index (χ4n) is 5.38. The van der Waals surface area contributed by atoms with Gasteiger partial charge in [0, 0.05) is 44.5 Å². The normalized spacial score (nSPS) is 23.9. The van der Waals surface area contributed by atoms with Crippen molar-refractivity contribution in [3.05, 3.63) is 97.2 Å². The van der Waals surface area contributed by atoms with E-state index in [0.717, 1.165) is 13.0 Å². The van der Waals surface area contributed by atoms with Crippen molar-refractivity contribution >= 4 is 45.5 Å². The zero-order valence-electron chi connectivity index (χ0n) is 18.7. The van der Waals surface area contributed by atoms with Crippen molar-refractivity contribution in [2.24, 2.45) is 10.9 Å². The topological polar surface area (TPSA) is 12.4 Å². The van der Waals surface area contributed by atoms with Crippen molar-refractivity contribution < 1.29 is 0 Å². The van der Waals surface area contributed by atoms with Crippen molar-refractivity contribution in [1.29, 1.82) is 0 Å². The standard InChI is InChI=1S/C30H25NS2/c1-3-4-9-22-19(2)32-29-23(11-7-13-26(22)29)20-16-21(18-31-17-20)24-12-8-14-27-25-10-5-6-15-28(25)33-30(24)27/h1,4-5,7-13,16,18,20,27H,6,14-15,17H2,2H3. The van der Waals surface area contributed by atoms with Crippen LogP contribution in [0.25, 0.3) is 16.2 Å². The average Bonchev–Trinajstić information content (AvgIpc) is 3.39. The first-order valence-electron chi connectivity index (χ1n) is 11.6. The van der Waals surface area contributed by atoms with E-state index >= 15 is 0 Å². The summed E-state index contributed by atoms with van der Waals surface area (Å²) >= 11 is 3.90. The van der Waals surface area contributed by atoms with Crippen LogP contribution in [0.15, 0.2) is 86.2 Å². The Labute approximate surface area is 204 Å². The summed E-state index contributed by atoms with van der Waals surface area (Å²) in [7, 11) is 0. The number of aryl methyl sites for hydroxylation is 1. The van der Waals surface area contributed by atoms with Crippen LogP contribution in [0.1, 0.15) is 41.2 Å². The molecule has 0 fully saturated rings. The number of rotatable bonds is 3. The first kappa shape index (κ1) is 20.8. The Balaban J connectivity index is 1.40. The minimum absolute atomic E-state index is 0.284. The van der Waals surface area contributed by atoms with Crippen molar-refractivity contribution in [2.45, 2.75) is 32.1 Å². The molecule has 2 aromatic rings. The van der Waals surface area contributed by atoms with Crippen LogP contribution in [0.2, 0.25) is 0 Å². The third kappa shape index (κ3) is 3.53. The first-order valence-corrected chi connectivity index (χ1v) is 13.2. The van der Waals surface area contributed by atoms with Gasteiger partial charge in [-0.25, -0.2) is 0 Å². The molecule has 0 spiro atoms. The van der Waals surface area contributed by atoms with E-state index in [1.54, 1.807) is 16.6 Å². The van der Waals surface area contributed by atoms with Crippen LogP contribution in [0.5, 0.6) is 0 Å². The molecule has 2 aliphatic carbocycles. The number of allylic oxidation sites excluding steroid dienone is 10. The molecule has 33 heavy (non-hydrogen) atoms. The van der Waals surface area contributed by atoms with Crippen molar-refractivity contribution in [2.75, 3.05) is 6.54 Å². The van der Waals surface area contributed by atoms with E-state index in [-0.39, 0.29) is 5.92 Å². The fourth-order valence-corrected chi connectivity index (χ4v) is 8.07. The lowest BCUT2D eigenvalue weighted by Gasteiger charge is -2.23. The van der Waals surface area contributed by atoms with Crippen LogP contribution < -0.4 is 0 Å². The molecular formula is C30H25NS2. The van der Waals surface area contributed by atoms with Gasteiger partial charge in [0.05, 0.1) is 0 Å². The Kier molecular flexibility index (Phi) is 5.37. The van der Waals surface area contributed by atoms with E-state index in [1.807, 2.05) is 23.1 Å². The monoisotopic (exact) mass is 463 g/mol. The largest absolute Gasteiger partial charge is 0.292 e. The molecule has 0 N–H and O–H groups in total. The van der Waals surface area contributed by atoms with Gasteiger partial charge >= 0.3 is 0 Å². The van der Waals surface area contributed by atoms with Crippen LogP contribution in [-0.2, 0) is 0 Å². The van der Waals surface area contributed by atoms with Gasteiger partial charge in [0.15, 0.2) is 0 Å². The van der Waals surface area contributed by atoms with Gasteiger partial charge in [-0.15, -0.1) is 17.8 Å². The number of hydrogen-bond acceptors (Lipinski definition) is 3. The van der Waals surface area contributed by atoms with E-state index < -0.39 is 0 Å². The molecule has 162 valence electrons. The van der Waals surface area contributed by atoms with Gasteiger partial charge in [0.25, 0.3) is 0 Å². The number of benzene rings is 1. The molecule has 3 heteroatoms. The van der Waals surface area contributed by atoms with E-state index in [2.05, 4.69) is 73.7 Å². The second kappa shape index (κ2) is 8.52. The lowest BCUT2D eigenvalue weighted by molar-refractivity contribution is 0.761. The number of thiophene rings is 1. The maximum absolute atomic E-state index is 5.47. The van der Waals surface area contributed by atoms with Gasteiger partial charge in [-0.05, 0) is 71.1 Å². The van der Waals surface area contributed by atoms with Crippen LogP contribution >= 0.6 is 23.1 Å². The number of thioether (sulfide) groups is 1. The molecule has 6 rings (SSSR count). The first-order chi connectivity index (χ1) is 16.2. The fraction of sp³-hybridized carbons (Fsp3) is 0.233. The highest BCUT2D eigenvalue weighted by atomic mass is 32.2. The number of fused-ring (bicyclic) bond motifs is 3. The highest BCUT2D eigenvalue weighted by molar-refractivity contribution is 8.07. The summed E-state index contributed by atoms with van der Waals surface area (Å²) in [6.45, 7) is 2.99. The maximum Gasteiger partial charge on any atom is 0.0493 e. The summed E-state index contributed by atoms with van der Waals surface area (Å²) in [4.78, 5) is 9.26. The molecule has 2 aliphatic heterocycles. The summed E-state index contributed by atoms with van der Waals surface area (Å²) in [6.07, 6.45) is 26.8. The molecule has 2 atom stereocenters. The number of terminal acetylenes is 1. The van der Waals surface area contributed by atoms with Gasteiger partial charge in [-0.2, -0.15) is 0 Å². The van der Waals surface area contributed by atoms with E-state index in [4.69, 9.17) is 11.4 Å². The molecule has 1 aromatic carbocycles. The molecule has 0 radical (unpaired) electrons. The maximum atomic E-state index is 5.47. The van der Waals surface area contributed by atoms with Gasteiger partial charge < -0.3 is 0 Å². The molecule has 1 nitrogen and oxygen atoms in total. The van der Waals surface area contributed by atoms with E-state index in [0.29, 0.717) is 5.92 Å². The molecule has 0 bridgehead atoms. The zero-order chi connectivity index (χ0) is 22.4. The van der Waals surface area contributed by atoms with Crippen LogP contribution in [0, 0.1) is 25.2 Å². The minimum Gasteiger partial charge on any atom is -0.292 e. The minimum atomic E-state index is 0.284. The highest BCUT2D eigenvalue weighted by Crippen LogP contribution is 2.54. The van der Waals surface area contributed by atoms with Crippen molar-refractivity contribution in [3.63, 3.8) is 0 Å². The number of dihydropyridines is 1. The van der Waals surface area contributed by atoms with Gasteiger partial charge in [0.2, 0.25) is 0 Å². The van der Waals surface area contributed by atoms with Gasteiger partial charge in [-0.1, -0.05) is 66.3 Å². The summed E-state index contributed by atoms with van der Waals surface area (Å²) in [6, 6.07) is 6.67. The number of hydrogen-bond donors (Lipinski definition) is 0. The lowest BCUT2D eigenvalue weighted by Crippen LogP contribution is -2.12. The quantitative estimate of drug-likeness (QED) is 0.419. The molecule has 4 aliphatic rings. The summed E-state index contributed by atoms with van der Waals surface area (Å²) in [5.41, 5.74) is 6.82. The Bertz CT molecular complexity index is 1410. The molecule has 0 saturated carbocycles. The highest BCUT2D eigenvalue weighted by Gasteiger charge is 2.34. The molecule has 0 amide bonds. The summed E-state index contributed by atoms with van der Waals surface area (Å²) in [5, 5.41) is 1.29. The Morgan fingerprint density at radius 3 is 3.06 bits per heavy atom. The average molecular weight is 464 g/mol. The van der Waals surface area contributed by atoms with Crippen LogP contribution in [0.3, 0.4) is 0 Å². The smallest absolute Gasteiger partial charge is 0.0493 e. The zero-order valence-corrected chi connectivity index (χ0v) is 20.3. The second-order valence-electron chi connectivity index (χ2n) is 8.91. The SMILES string of the molecule is C#CC=Cc1c(C)sc2c(C3C=C(C4=C5SC6=C(C=CCC6)C5CC=C4)C=NC3)cccc12. The van der Waals surface area contributed by atoms with Crippen molar-refractivity contribution in [1.82, 2.24) is 0 Å².